The van der Waals surface area contributed by atoms with Crippen LogP contribution in [-0.2, 0) is 9.59 Å². The summed E-state index contributed by atoms with van der Waals surface area (Å²) in [6.07, 6.45) is 8.04. The number of hydrogen-bond acceptors (Lipinski definition) is 3. The first-order valence-corrected chi connectivity index (χ1v) is 6.27. The molecule has 0 aromatic carbocycles. The topological polar surface area (TPSA) is 69.6 Å². The van der Waals surface area contributed by atoms with Crippen molar-refractivity contribution in [3.8, 4) is 12.3 Å². The van der Waals surface area contributed by atoms with E-state index in [0.717, 1.165) is 19.4 Å². The first-order valence-electron chi connectivity index (χ1n) is 6.27. The standard InChI is InChI=1S/C13H20N2O3/c1-2-3-6-12(16)15-7-4-5-11(10-15)8-14-9-13(17)18/h1,11,14H,3-10H2,(H,17,18). The normalized spacial score (nSPS) is 19.3. The zero-order valence-corrected chi connectivity index (χ0v) is 10.5. The second kappa shape index (κ2) is 7.72. The Balaban J connectivity index is 2.29. The van der Waals surface area contributed by atoms with Gasteiger partial charge in [-0.3, -0.25) is 9.59 Å². The van der Waals surface area contributed by atoms with Gasteiger partial charge in [0.05, 0.1) is 6.54 Å². The van der Waals surface area contributed by atoms with Crippen LogP contribution in [0, 0.1) is 18.3 Å². The molecule has 0 aliphatic carbocycles. The smallest absolute Gasteiger partial charge is 0.317 e. The second-order valence-corrected chi connectivity index (χ2v) is 4.58. The molecule has 5 nitrogen and oxygen atoms in total. The van der Waals surface area contributed by atoms with E-state index in [1.54, 1.807) is 0 Å². The monoisotopic (exact) mass is 252 g/mol. The molecule has 1 amide bonds. The fourth-order valence-corrected chi connectivity index (χ4v) is 2.18. The summed E-state index contributed by atoms with van der Waals surface area (Å²) in [5.74, 6) is 2.06. The fraction of sp³-hybridized carbons (Fsp3) is 0.692. The molecular weight excluding hydrogens is 232 g/mol. The molecule has 1 heterocycles. The summed E-state index contributed by atoms with van der Waals surface area (Å²) in [6, 6.07) is 0. The van der Waals surface area contributed by atoms with E-state index < -0.39 is 5.97 Å². The molecule has 1 aliphatic heterocycles. The molecule has 0 bridgehead atoms. The van der Waals surface area contributed by atoms with E-state index in [1.165, 1.54) is 0 Å². The van der Waals surface area contributed by atoms with Crippen molar-refractivity contribution in [3.05, 3.63) is 0 Å². The Bertz CT molecular complexity index is 336. The van der Waals surface area contributed by atoms with E-state index in [-0.39, 0.29) is 12.5 Å². The number of piperidine rings is 1. The molecule has 1 fully saturated rings. The summed E-state index contributed by atoms with van der Waals surface area (Å²) in [6.45, 7) is 2.11. The van der Waals surface area contributed by atoms with Crippen LogP contribution in [0.25, 0.3) is 0 Å². The number of aliphatic carboxylic acids is 1. The number of carbonyl (C=O) groups excluding carboxylic acids is 1. The van der Waals surface area contributed by atoms with Gasteiger partial charge in [-0.1, -0.05) is 0 Å². The van der Waals surface area contributed by atoms with Crippen LogP contribution in [0.1, 0.15) is 25.7 Å². The number of carbonyl (C=O) groups is 2. The zero-order chi connectivity index (χ0) is 13.4. The molecule has 1 aliphatic rings. The predicted octanol–water partition coefficient (Wildman–Crippen LogP) is 0.313. The van der Waals surface area contributed by atoms with Crippen molar-refractivity contribution in [3.63, 3.8) is 0 Å². The number of carboxylic acid groups (broad SMARTS) is 1. The highest BCUT2D eigenvalue weighted by molar-refractivity contribution is 5.76. The number of nitrogens with zero attached hydrogens (tertiary/aromatic N) is 1. The maximum absolute atomic E-state index is 11.8. The molecule has 1 saturated heterocycles. The van der Waals surface area contributed by atoms with Crippen LogP contribution in [0.5, 0.6) is 0 Å². The second-order valence-electron chi connectivity index (χ2n) is 4.58. The quantitative estimate of drug-likeness (QED) is 0.668. The lowest BCUT2D eigenvalue weighted by atomic mass is 9.97. The molecule has 1 unspecified atom stereocenters. The average molecular weight is 252 g/mol. The van der Waals surface area contributed by atoms with Crippen molar-refractivity contribution in [2.75, 3.05) is 26.2 Å². The van der Waals surface area contributed by atoms with Crippen LogP contribution in [0.4, 0.5) is 0 Å². The highest BCUT2D eigenvalue weighted by Gasteiger charge is 2.22. The minimum Gasteiger partial charge on any atom is -0.480 e. The lowest BCUT2D eigenvalue weighted by Gasteiger charge is -2.32. The zero-order valence-electron chi connectivity index (χ0n) is 10.5. The van der Waals surface area contributed by atoms with Crippen molar-refractivity contribution in [1.29, 1.82) is 0 Å². The summed E-state index contributed by atoms with van der Waals surface area (Å²) in [5, 5.41) is 11.4. The van der Waals surface area contributed by atoms with Crippen LogP contribution >= 0.6 is 0 Å². The van der Waals surface area contributed by atoms with E-state index in [1.807, 2.05) is 4.90 Å². The van der Waals surface area contributed by atoms with Crippen molar-refractivity contribution in [2.45, 2.75) is 25.7 Å². The van der Waals surface area contributed by atoms with Crippen molar-refractivity contribution in [2.24, 2.45) is 5.92 Å². The SMILES string of the molecule is C#CCCC(=O)N1CCCC(CNCC(=O)O)C1. The summed E-state index contributed by atoms with van der Waals surface area (Å²) >= 11 is 0. The summed E-state index contributed by atoms with van der Waals surface area (Å²) in [5.41, 5.74) is 0. The Morgan fingerprint density at radius 1 is 1.50 bits per heavy atom. The van der Waals surface area contributed by atoms with Gasteiger partial charge in [-0.15, -0.1) is 12.3 Å². The third-order valence-corrected chi connectivity index (χ3v) is 3.06. The Kier molecular flexibility index (Phi) is 6.23. The number of rotatable bonds is 6. The van der Waals surface area contributed by atoms with Gasteiger partial charge in [-0.05, 0) is 18.8 Å². The van der Waals surface area contributed by atoms with Gasteiger partial charge in [0, 0.05) is 32.5 Å². The molecule has 1 rings (SSSR count). The van der Waals surface area contributed by atoms with Gasteiger partial charge in [0.25, 0.3) is 0 Å². The predicted molar refractivity (Wildman–Crippen MR) is 67.9 cm³/mol. The van der Waals surface area contributed by atoms with E-state index in [2.05, 4.69) is 11.2 Å². The minimum atomic E-state index is -0.854. The Morgan fingerprint density at radius 2 is 2.28 bits per heavy atom. The maximum atomic E-state index is 11.8. The summed E-state index contributed by atoms with van der Waals surface area (Å²) in [4.78, 5) is 24.0. The molecule has 1 atom stereocenters. The lowest BCUT2D eigenvalue weighted by molar-refractivity contribution is -0.136. The van der Waals surface area contributed by atoms with Crippen molar-refractivity contribution >= 4 is 11.9 Å². The van der Waals surface area contributed by atoms with Gasteiger partial charge < -0.3 is 15.3 Å². The van der Waals surface area contributed by atoms with Gasteiger partial charge in [0.2, 0.25) is 5.91 Å². The number of nitrogens with one attached hydrogen (secondary N) is 1. The molecule has 0 aromatic rings. The van der Waals surface area contributed by atoms with Crippen molar-refractivity contribution in [1.82, 2.24) is 10.2 Å². The fourth-order valence-electron chi connectivity index (χ4n) is 2.18. The molecule has 100 valence electrons. The Hall–Kier alpha value is -1.54. The van der Waals surface area contributed by atoms with E-state index >= 15 is 0 Å². The number of carboxylic acids is 1. The van der Waals surface area contributed by atoms with Crippen LogP contribution in [0.3, 0.4) is 0 Å². The largest absolute Gasteiger partial charge is 0.480 e. The van der Waals surface area contributed by atoms with E-state index in [0.29, 0.717) is 31.8 Å². The minimum absolute atomic E-state index is 0.0263. The van der Waals surface area contributed by atoms with Gasteiger partial charge in [0.15, 0.2) is 0 Å². The van der Waals surface area contributed by atoms with E-state index in [9.17, 15) is 9.59 Å². The van der Waals surface area contributed by atoms with Crippen LogP contribution in [0.2, 0.25) is 0 Å². The summed E-state index contributed by atoms with van der Waals surface area (Å²) < 4.78 is 0. The highest BCUT2D eigenvalue weighted by Crippen LogP contribution is 2.16. The maximum Gasteiger partial charge on any atom is 0.317 e. The lowest BCUT2D eigenvalue weighted by Crippen LogP contribution is -2.43. The highest BCUT2D eigenvalue weighted by atomic mass is 16.4. The van der Waals surface area contributed by atoms with Crippen LogP contribution in [-0.4, -0.2) is 48.1 Å². The molecule has 18 heavy (non-hydrogen) atoms. The first-order chi connectivity index (χ1) is 8.63. The number of hydrogen-bond donors (Lipinski definition) is 2. The van der Waals surface area contributed by atoms with Gasteiger partial charge in [-0.25, -0.2) is 0 Å². The molecule has 0 saturated carbocycles. The molecule has 0 spiro atoms. The molecular formula is C13H20N2O3. The van der Waals surface area contributed by atoms with Gasteiger partial charge in [-0.2, -0.15) is 0 Å². The third kappa shape index (κ3) is 5.19. The number of amides is 1. The first kappa shape index (κ1) is 14.5. The molecule has 2 N–H and O–H groups in total. The Morgan fingerprint density at radius 3 is 2.94 bits per heavy atom. The van der Waals surface area contributed by atoms with Gasteiger partial charge in [0.1, 0.15) is 0 Å². The Labute approximate surface area is 108 Å². The van der Waals surface area contributed by atoms with Crippen LogP contribution in [0.15, 0.2) is 0 Å². The van der Waals surface area contributed by atoms with Crippen molar-refractivity contribution < 1.29 is 14.7 Å². The number of likely N-dealkylation sites (tertiary alicyclic amines) is 1. The molecule has 5 heteroatoms. The molecule has 0 aromatic heterocycles. The number of terminal acetylenes is 1. The molecule has 0 radical (unpaired) electrons. The summed E-state index contributed by atoms with van der Waals surface area (Å²) in [7, 11) is 0. The van der Waals surface area contributed by atoms with Crippen LogP contribution < -0.4 is 5.32 Å². The third-order valence-electron chi connectivity index (χ3n) is 3.06. The average Bonchev–Trinajstić information content (AvgIpc) is 2.36. The van der Waals surface area contributed by atoms with E-state index in [4.69, 9.17) is 11.5 Å². The van der Waals surface area contributed by atoms with Gasteiger partial charge >= 0.3 is 5.97 Å².